The summed E-state index contributed by atoms with van der Waals surface area (Å²) in [5.74, 6) is 0.527. The summed E-state index contributed by atoms with van der Waals surface area (Å²) >= 11 is 0. The molecule has 4 nitrogen and oxygen atoms in total. The van der Waals surface area contributed by atoms with E-state index < -0.39 is 0 Å². The largest absolute Gasteiger partial charge is 0.382 e. The molecule has 2 aliphatic rings. The molecule has 0 bridgehead atoms. The van der Waals surface area contributed by atoms with Gasteiger partial charge < -0.3 is 5.32 Å². The number of allylic oxidation sites excluding steroid dienone is 1. The summed E-state index contributed by atoms with van der Waals surface area (Å²) in [6.07, 6.45) is 8.34. The highest BCUT2D eigenvalue weighted by Crippen LogP contribution is 2.27. The van der Waals surface area contributed by atoms with Crippen LogP contribution in [0.4, 0.5) is 0 Å². The molecule has 108 valence electrons. The highest BCUT2D eigenvalue weighted by atomic mass is 16.1. The minimum absolute atomic E-state index is 0.107. The third-order valence-electron chi connectivity index (χ3n) is 4.41. The van der Waals surface area contributed by atoms with Crippen molar-refractivity contribution in [1.29, 1.82) is 5.26 Å². The van der Waals surface area contributed by atoms with Gasteiger partial charge in [-0.05, 0) is 30.4 Å². The van der Waals surface area contributed by atoms with Crippen LogP contribution in [-0.2, 0) is 11.2 Å². The van der Waals surface area contributed by atoms with Crippen molar-refractivity contribution in [3.8, 4) is 6.07 Å². The van der Waals surface area contributed by atoms with E-state index in [1.165, 1.54) is 32.1 Å². The van der Waals surface area contributed by atoms with E-state index in [2.05, 4.69) is 16.4 Å². The molecular formula is C17H19N3O. The number of pyridine rings is 1. The average Bonchev–Trinajstić information content (AvgIpc) is 2.53. The van der Waals surface area contributed by atoms with E-state index in [1.54, 1.807) is 6.20 Å². The monoisotopic (exact) mass is 281 g/mol. The van der Waals surface area contributed by atoms with Gasteiger partial charge in [-0.2, -0.15) is 5.26 Å². The van der Waals surface area contributed by atoms with E-state index in [-0.39, 0.29) is 17.8 Å². The topological polar surface area (TPSA) is 65.8 Å². The van der Waals surface area contributed by atoms with Crippen LogP contribution < -0.4 is 5.32 Å². The van der Waals surface area contributed by atoms with Crippen molar-refractivity contribution in [1.82, 2.24) is 10.3 Å². The van der Waals surface area contributed by atoms with Crippen LogP contribution in [0.3, 0.4) is 0 Å². The fourth-order valence-corrected chi connectivity index (χ4v) is 3.25. The first-order chi connectivity index (χ1) is 10.3. The Labute approximate surface area is 124 Å². The van der Waals surface area contributed by atoms with Crippen molar-refractivity contribution in [2.24, 2.45) is 5.92 Å². The van der Waals surface area contributed by atoms with Crippen LogP contribution in [-0.4, -0.2) is 17.3 Å². The molecule has 0 radical (unpaired) electrons. The van der Waals surface area contributed by atoms with E-state index in [0.717, 1.165) is 17.8 Å². The molecule has 4 heteroatoms. The maximum Gasteiger partial charge on any atom is 0.180 e. The van der Waals surface area contributed by atoms with Crippen LogP contribution in [0.25, 0.3) is 5.70 Å². The van der Waals surface area contributed by atoms with Gasteiger partial charge in [-0.3, -0.25) is 9.78 Å². The van der Waals surface area contributed by atoms with E-state index in [9.17, 15) is 10.1 Å². The zero-order valence-electron chi connectivity index (χ0n) is 12.1. The van der Waals surface area contributed by atoms with Crippen LogP contribution in [0.5, 0.6) is 0 Å². The van der Waals surface area contributed by atoms with E-state index >= 15 is 0 Å². The van der Waals surface area contributed by atoms with Crippen molar-refractivity contribution < 1.29 is 4.79 Å². The standard InChI is InChI=1S/C17H19N3O/c18-10-14-15(21)9-13-7-4-8-19-16(13)17(14)20-11-12-5-2-1-3-6-12/h4,7-8,12,20H,1-3,5-6,9,11H2. The van der Waals surface area contributed by atoms with Gasteiger partial charge in [0.05, 0.1) is 11.4 Å². The minimum atomic E-state index is -0.107. The average molecular weight is 281 g/mol. The van der Waals surface area contributed by atoms with Crippen LogP contribution in [0.1, 0.15) is 43.4 Å². The van der Waals surface area contributed by atoms with Gasteiger partial charge in [0, 0.05) is 19.2 Å². The first-order valence-corrected chi connectivity index (χ1v) is 7.65. The van der Waals surface area contributed by atoms with Gasteiger partial charge >= 0.3 is 0 Å². The van der Waals surface area contributed by atoms with Crippen LogP contribution in [0.15, 0.2) is 23.9 Å². The summed E-state index contributed by atoms with van der Waals surface area (Å²) in [4.78, 5) is 16.5. The number of ketones is 1. The predicted molar refractivity (Wildman–Crippen MR) is 80.1 cm³/mol. The zero-order chi connectivity index (χ0) is 14.7. The molecule has 21 heavy (non-hydrogen) atoms. The molecule has 1 aromatic rings. The number of rotatable bonds is 3. The Morgan fingerprint density at radius 1 is 1.33 bits per heavy atom. The number of nitrogens with zero attached hydrogens (tertiary/aromatic N) is 2. The molecule has 3 rings (SSSR count). The first kappa shape index (κ1) is 13.8. The highest BCUT2D eigenvalue weighted by Gasteiger charge is 2.27. The molecular weight excluding hydrogens is 262 g/mol. The number of aromatic nitrogens is 1. The Balaban J connectivity index is 1.85. The Kier molecular flexibility index (Phi) is 4.01. The summed E-state index contributed by atoms with van der Waals surface area (Å²) in [6.45, 7) is 0.823. The molecule has 0 saturated heterocycles. The summed E-state index contributed by atoms with van der Waals surface area (Å²) in [7, 11) is 0. The Bertz CT molecular complexity index is 621. The van der Waals surface area contributed by atoms with Crippen molar-refractivity contribution in [2.75, 3.05) is 6.54 Å². The number of nitrogens with one attached hydrogen (secondary N) is 1. The van der Waals surface area contributed by atoms with Gasteiger partial charge in [-0.15, -0.1) is 0 Å². The number of nitriles is 1. The van der Waals surface area contributed by atoms with Gasteiger partial charge in [-0.25, -0.2) is 0 Å². The number of Topliss-reactive ketones (excluding diaryl/α,β-unsaturated/α-hetero) is 1. The van der Waals surface area contributed by atoms with Crippen LogP contribution in [0, 0.1) is 17.2 Å². The predicted octanol–water partition coefficient (Wildman–Crippen LogP) is 2.61. The molecule has 0 aliphatic heterocycles. The molecule has 0 atom stereocenters. The lowest BCUT2D eigenvalue weighted by molar-refractivity contribution is -0.114. The lowest BCUT2D eigenvalue weighted by Crippen LogP contribution is -2.29. The Hall–Kier alpha value is -2.15. The fraction of sp³-hybridized carbons (Fsp3) is 0.471. The number of carbonyl (C=O) groups excluding carboxylic acids is 1. The normalized spacial score (nSPS) is 19.1. The molecule has 1 fully saturated rings. The summed E-state index contributed by atoms with van der Waals surface area (Å²) in [5, 5.41) is 12.7. The van der Waals surface area contributed by atoms with Crippen LogP contribution >= 0.6 is 0 Å². The molecule has 1 aromatic heterocycles. The second-order valence-corrected chi connectivity index (χ2v) is 5.86. The molecule has 0 amide bonds. The molecule has 1 N–H and O–H groups in total. The molecule has 0 aromatic carbocycles. The van der Waals surface area contributed by atoms with Gasteiger partial charge in [-0.1, -0.05) is 25.3 Å². The van der Waals surface area contributed by atoms with Crippen LogP contribution in [0.2, 0.25) is 0 Å². The number of hydrogen-bond donors (Lipinski definition) is 1. The number of fused-ring (bicyclic) bond motifs is 1. The third-order valence-corrected chi connectivity index (χ3v) is 4.41. The molecule has 0 unspecified atom stereocenters. The second kappa shape index (κ2) is 6.09. The van der Waals surface area contributed by atoms with Crippen molar-refractivity contribution >= 4 is 11.5 Å². The van der Waals surface area contributed by atoms with E-state index in [0.29, 0.717) is 11.6 Å². The lowest BCUT2D eigenvalue weighted by atomic mass is 9.88. The molecule has 1 saturated carbocycles. The lowest BCUT2D eigenvalue weighted by Gasteiger charge is -2.25. The second-order valence-electron chi connectivity index (χ2n) is 5.86. The van der Waals surface area contributed by atoms with E-state index in [4.69, 9.17) is 0 Å². The molecule has 0 spiro atoms. The summed E-state index contributed by atoms with van der Waals surface area (Å²) in [5.41, 5.74) is 2.55. The van der Waals surface area contributed by atoms with Crippen molar-refractivity contribution in [2.45, 2.75) is 38.5 Å². The third kappa shape index (κ3) is 2.82. The van der Waals surface area contributed by atoms with Gasteiger partial charge in [0.25, 0.3) is 0 Å². The first-order valence-electron chi connectivity index (χ1n) is 7.65. The van der Waals surface area contributed by atoms with Gasteiger partial charge in [0.1, 0.15) is 11.6 Å². The van der Waals surface area contributed by atoms with Crippen molar-refractivity contribution in [3.63, 3.8) is 0 Å². The summed E-state index contributed by atoms with van der Waals surface area (Å²) in [6, 6.07) is 5.81. The van der Waals surface area contributed by atoms with Crippen molar-refractivity contribution in [3.05, 3.63) is 35.2 Å². The SMILES string of the molecule is N#CC1=C(NCC2CCCCC2)c2ncccc2CC1=O. The maximum absolute atomic E-state index is 12.1. The Morgan fingerprint density at radius 2 is 2.14 bits per heavy atom. The zero-order valence-corrected chi connectivity index (χ0v) is 12.1. The maximum atomic E-state index is 12.1. The Morgan fingerprint density at radius 3 is 2.90 bits per heavy atom. The quantitative estimate of drug-likeness (QED) is 0.925. The fourth-order valence-electron chi connectivity index (χ4n) is 3.25. The smallest absolute Gasteiger partial charge is 0.180 e. The van der Waals surface area contributed by atoms with Gasteiger partial charge in [0.15, 0.2) is 5.78 Å². The molecule has 2 aliphatic carbocycles. The number of hydrogen-bond acceptors (Lipinski definition) is 4. The van der Waals surface area contributed by atoms with E-state index in [1.807, 2.05) is 12.1 Å². The summed E-state index contributed by atoms with van der Waals surface area (Å²) < 4.78 is 0. The number of carbonyl (C=O) groups is 1. The highest BCUT2D eigenvalue weighted by molar-refractivity contribution is 6.09. The van der Waals surface area contributed by atoms with Gasteiger partial charge in [0.2, 0.25) is 0 Å². The molecule has 1 heterocycles. The minimum Gasteiger partial charge on any atom is -0.382 e.